The van der Waals surface area contributed by atoms with Crippen molar-refractivity contribution in [3.05, 3.63) is 66.0 Å². The molecule has 1 aliphatic heterocycles. The van der Waals surface area contributed by atoms with E-state index in [0.717, 1.165) is 42.5 Å². The second-order valence-electron chi connectivity index (χ2n) is 6.41. The number of Topliss-reactive ketones (excluding diaryl/α,β-unsaturated/α-hetero) is 1. The molecule has 2 heterocycles. The summed E-state index contributed by atoms with van der Waals surface area (Å²) in [6.45, 7) is 1.80. The molecule has 4 rings (SSSR count). The van der Waals surface area contributed by atoms with Gasteiger partial charge in [-0.25, -0.2) is 4.98 Å². The predicted molar refractivity (Wildman–Crippen MR) is 101 cm³/mol. The number of fused-ring (bicyclic) bond motifs is 1. The van der Waals surface area contributed by atoms with E-state index in [4.69, 9.17) is 0 Å². The van der Waals surface area contributed by atoms with E-state index in [1.807, 2.05) is 71.4 Å². The van der Waals surface area contributed by atoms with E-state index in [-0.39, 0.29) is 11.7 Å². The van der Waals surface area contributed by atoms with Gasteiger partial charge < -0.3 is 5.32 Å². The number of aromatic nitrogens is 2. The topological polar surface area (TPSA) is 46.9 Å². The van der Waals surface area contributed by atoms with E-state index in [2.05, 4.69) is 10.3 Å². The highest BCUT2D eigenvalue weighted by Crippen LogP contribution is 2.23. The molecule has 0 saturated carbocycles. The van der Waals surface area contributed by atoms with Crippen LogP contribution in [-0.4, -0.2) is 28.4 Å². The molecule has 1 aliphatic rings. The quantitative estimate of drug-likeness (QED) is 0.739. The number of nitrogens with one attached hydrogen (secondary N) is 1. The Morgan fingerprint density at radius 2 is 1.76 bits per heavy atom. The number of para-hydroxylation sites is 2. The SMILES string of the molecule is O=C(c1nc2ccccc2n1/C=C\c1ccccc1)C1CCNCC1. The highest BCUT2D eigenvalue weighted by Gasteiger charge is 2.26. The maximum Gasteiger partial charge on any atom is 0.201 e. The minimum atomic E-state index is 0.0573. The Balaban J connectivity index is 1.75. The number of nitrogens with zero attached hydrogens (tertiary/aromatic N) is 2. The Morgan fingerprint density at radius 1 is 1.04 bits per heavy atom. The van der Waals surface area contributed by atoms with Gasteiger partial charge in [0.15, 0.2) is 5.82 Å². The molecule has 0 radical (unpaired) electrons. The van der Waals surface area contributed by atoms with Crippen molar-refractivity contribution >= 4 is 29.1 Å². The summed E-state index contributed by atoms with van der Waals surface area (Å²) in [5.74, 6) is 0.748. The molecule has 1 fully saturated rings. The zero-order valence-electron chi connectivity index (χ0n) is 14.1. The van der Waals surface area contributed by atoms with Gasteiger partial charge in [-0.2, -0.15) is 0 Å². The number of hydrogen-bond donors (Lipinski definition) is 1. The minimum Gasteiger partial charge on any atom is -0.317 e. The van der Waals surface area contributed by atoms with Gasteiger partial charge >= 0.3 is 0 Å². The van der Waals surface area contributed by atoms with Crippen LogP contribution in [0.15, 0.2) is 54.6 Å². The summed E-state index contributed by atoms with van der Waals surface area (Å²) in [6, 6.07) is 18.0. The fourth-order valence-electron chi connectivity index (χ4n) is 3.36. The Labute approximate surface area is 147 Å². The highest BCUT2D eigenvalue weighted by molar-refractivity contribution is 5.99. The van der Waals surface area contributed by atoms with Gasteiger partial charge in [-0.3, -0.25) is 9.36 Å². The Bertz CT molecular complexity index is 905. The summed E-state index contributed by atoms with van der Waals surface area (Å²) < 4.78 is 1.94. The second-order valence-corrected chi connectivity index (χ2v) is 6.41. The first kappa shape index (κ1) is 15.8. The van der Waals surface area contributed by atoms with Crippen LogP contribution in [0.3, 0.4) is 0 Å². The van der Waals surface area contributed by atoms with E-state index in [1.54, 1.807) is 0 Å². The highest BCUT2D eigenvalue weighted by atomic mass is 16.1. The molecule has 0 atom stereocenters. The lowest BCUT2D eigenvalue weighted by Crippen LogP contribution is -2.32. The normalized spacial score (nSPS) is 15.8. The lowest BCUT2D eigenvalue weighted by Gasteiger charge is -2.21. The third kappa shape index (κ3) is 3.26. The van der Waals surface area contributed by atoms with Crippen LogP contribution in [0.25, 0.3) is 23.3 Å². The fraction of sp³-hybridized carbons (Fsp3) is 0.238. The molecule has 0 spiro atoms. The van der Waals surface area contributed by atoms with E-state index in [1.165, 1.54) is 0 Å². The molecule has 0 aliphatic carbocycles. The fourth-order valence-corrected chi connectivity index (χ4v) is 3.36. The summed E-state index contributed by atoms with van der Waals surface area (Å²) in [6.07, 6.45) is 5.74. The minimum absolute atomic E-state index is 0.0573. The van der Waals surface area contributed by atoms with E-state index in [0.29, 0.717) is 5.82 Å². The molecule has 0 amide bonds. The predicted octanol–water partition coefficient (Wildman–Crippen LogP) is 3.85. The van der Waals surface area contributed by atoms with Crippen LogP contribution in [0.5, 0.6) is 0 Å². The number of carbonyl (C=O) groups is 1. The molecule has 1 aromatic heterocycles. The molecular formula is C21H21N3O. The number of benzene rings is 2. The van der Waals surface area contributed by atoms with E-state index in [9.17, 15) is 4.79 Å². The average molecular weight is 331 g/mol. The van der Waals surface area contributed by atoms with Crippen molar-refractivity contribution < 1.29 is 4.79 Å². The number of ketones is 1. The van der Waals surface area contributed by atoms with Crippen molar-refractivity contribution in [2.75, 3.05) is 13.1 Å². The van der Waals surface area contributed by atoms with Gasteiger partial charge in [0.1, 0.15) is 0 Å². The third-order valence-corrected chi connectivity index (χ3v) is 4.74. The molecule has 3 aromatic rings. The van der Waals surface area contributed by atoms with Gasteiger partial charge in [-0.15, -0.1) is 0 Å². The number of rotatable bonds is 4. The van der Waals surface area contributed by atoms with Gasteiger partial charge in [0.25, 0.3) is 0 Å². The van der Waals surface area contributed by atoms with Crippen LogP contribution in [-0.2, 0) is 0 Å². The monoisotopic (exact) mass is 331 g/mol. The van der Waals surface area contributed by atoms with Gasteiger partial charge in [0, 0.05) is 12.1 Å². The first-order valence-corrected chi connectivity index (χ1v) is 8.78. The number of imidazole rings is 1. The first-order chi connectivity index (χ1) is 12.3. The van der Waals surface area contributed by atoms with Crippen molar-refractivity contribution in [3.63, 3.8) is 0 Å². The smallest absolute Gasteiger partial charge is 0.201 e. The first-order valence-electron chi connectivity index (χ1n) is 8.78. The molecular weight excluding hydrogens is 310 g/mol. The summed E-state index contributed by atoms with van der Waals surface area (Å²) in [7, 11) is 0. The van der Waals surface area contributed by atoms with Crippen molar-refractivity contribution in [1.29, 1.82) is 0 Å². The van der Waals surface area contributed by atoms with Crippen molar-refractivity contribution in [2.45, 2.75) is 12.8 Å². The standard InChI is InChI=1S/C21H21N3O/c25-20(17-10-13-22-14-11-17)21-23-18-8-4-5-9-19(18)24(21)15-12-16-6-2-1-3-7-16/h1-9,12,15,17,22H,10-11,13-14H2/b15-12-. The molecule has 25 heavy (non-hydrogen) atoms. The maximum absolute atomic E-state index is 13.1. The van der Waals surface area contributed by atoms with Gasteiger partial charge in [0.2, 0.25) is 5.78 Å². The Hall–Kier alpha value is -2.72. The lowest BCUT2D eigenvalue weighted by atomic mass is 9.93. The molecule has 126 valence electrons. The number of hydrogen-bond acceptors (Lipinski definition) is 3. The van der Waals surface area contributed by atoms with Crippen molar-refractivity contribution in [2.24, 2.45) is 5.92 Å². The van der Waals surface area contributed by atoms with Crippen LogP contribution in [0.4, 0.5) is 0 Å². The lowest BCUT2D eigenvalue weighted by molar-refractivity contribution is 0.0883. The maximum atomic E-state index is 13.1. The molecule has 0 bridgehead atoms. The molecule has 0 unspecified atom stereocenters. The van der Waals surface area contributed by atoms with Crippen LogP contribution in [0.1, 0.15) is 29.0 Å². The average Bonchev–Trinajstić information content (AvgIpc) is 3.06. The summed E-state index contributed by atoms with van der Waals surface area (Å²) in [4.78, 5) is 17.7. The van der Waals surface area contributed by atoms with Gasteiger partial charge in [-0.1, -0.05) is 42.5 Å². The Morgan fingerprint density at radius 3 is 2.56 bits per heavy atom. The largest absolute Gasteiger partial charge is 0.317 e. The zero-order valence-corrected chi connectivity index (χ0v) is 14.1. The van der Waals surface area contributed by atoms with Crippen molar-refractivity contribution in [1.82, 2.24) is 14.9 Å². The van der Waals surface area contributed by atoms with E-state index < -0.39 is 0 Å². The Kier molecular flexibility index (Phi) is 4.44. The molecule has 1 saturated heterocycles. The second kappa shape index (κ2) is 7.03. The summed E-state index contributed by atoms with van der Waals surface area (Å²) >= 11 is 0. The van der Waals surface area contributed by atoms with Crippen LogP contribution in [0, 0.1) is 5.92 Å². The molecule has 4 nitrogen and oxygen atoms in total. The molecule has 4 heteroatoms. The molecule has 2 aromatic carbocycles. The van der Waals surface area contributed by atoms with Crippen LogP contribution >= 0.6 is 0 Å². The van der Waals surface area contributed by atoms with Gasteiger partial charge in [-0.05, 0) is 49.7 Å². The van der Waals surface area contributed by atoms with Crippen LogP contribution < -0.4 is 5.32 Å². The van der Waals surface area contributed by atoms with Crippen LogP contribution in [0.2, 0.25) is 0 Å². The number of piperidine rings is 1. The summed E-state index contributed by atoms with van der Waals surface area (Å²) in [5.41, 5.74) is 2.92. The van der Waals surface area contributed by atoms with E-state index >= 15 is 0 Å². The number of carbonyl (C=O) groups excluding carboxylic acids is 1. The zero-order chi connectivity index (χ0) is 17.1. The summed E-state index contributed by atoms with van der Waals surface area (Å²) in [5, 5.41) is 3.32. The van der Waals surface area contributed by atoms with Gasteiger partial charge in [0.05, 0.1) is 11.0 Å². The third-order valence-electron chi connectivity index (χ3n) is 4.74. The van der Waals surface area contributed by atoms with Crippen molar-refractivity contribution in [3.8, 4) is 0 Å². The molecule has 1 N–H and O–H groups in total.